The molecular weight excluding hydrogens is 180 g/mol. The average molecular weight is 204 g/mol. The predicted molar refractivity (Wildman–Crippen MR) is 66.7 cm³/mol. The summed E-state index contributed by atoms with van der Waals surface area (Å²) in [5.41, 5.74) is 3.14. The fraction of sp³-hybridized carbons (Fsp3) is 0.733. The van der Waals surface area contributed by atoms with Gasteiger partial charge in [0.2, 0.25) is 0 Å². The molecule has 1 fully saturated rings. The monoisotopic (exact) mass is 204 g/mol. The van der Waals surface area contributed by atoms with E-state index in [0.717, 1.165) is 23.7 Å². The van der Waals surface area contributed by atoms with Crippen LogP contribution in [0.3, 0.4) is 0 Å². The average Bonchev–Trinajstić information content (AvgIpc) is 2.17. The molecule has 0 nitrogen and oxygen atoms in total. The SMILES string of the molecule is C=C1CCC(C(C)C)[C@H]2C=C(C)CCC12. The zero-order chi connectivity index (χ0) is 11.0. The van der Waals surface area contributed by atoms with E-state index in [9.17, 15) is 0 Å². The summed E-state index contributed by atoms with van der Waals surface area (Å²) in [6, 6.07) is 0. The van der Waals surface area contributed by atoms with E-state index in [0.29, 0.717) is 0 Å². The normalized spacial score (nSPS) is 36.4. The van der Waals surface area contributed by atoms with Crippen LogP contribution in [0.1, 0.15) is 46.5 Å². The quantitative estimate of drug-likeness (QED) is 0.548. The van der Waals surface area contributed by atoms with Gasteiger partial charge in [-0.05, 0) is 56.3 Å². The van der Waals surface area contributed by atoms with Crippen LogP contribution in [0.4, 0.5) is 0 Å². The van der Waals surface area contributed by atoms with Crippen molar-refractivity contribution in [3.05, 3.63) is 23.8 Å². The Hall–Kier alpha value is -0.520. The van der Waals surface area contributed by atoms with Crippen molar-refractivity contribution >= 4 is 0 Å². The summed E-state index contributed by atoms with van der Waals surface area (Å²) in [5, 5.41) is 0. The van der Waals surface area contributed by atoms with Gasteiger partial charge in [0, 0.05) is 0 Å². The van der Waals surface area contributed by atoms with Gasteiger partial charge in [-0.1, -0.05) is 37.6 Å². The Labute approximate surface area is 94.5 Å². The molecule has 2 unspecified atom stereocenters. The zero-order valence-electron chi connectivity index (χ0n) is 10.4. The van der Waals surface area contributed by atoms with Crippen LogP contribution in [0.25, 0.3) is 0 Å². The highest BCUT2D eigenvalue weighted by Crippen LogP contribution is 2.47. The van der Waals surface area contributed by atoms with Gasteiger partial charge < -0.3 is 0 Å². The first kappa shape index (κ1) is 11.0. The topological polar surface area (TPSA) is 0 Å². The molecule has 0 heteroatoms. The summed E-state index contributed by atoms with van der Waals surface area (Å²) in [7, 11) is 0. The fourth-order valence-corrected chi connectivity index (χ4v) is 3.51. The van der Waals surface area contributed by atoms with E-state index < -0.39 is 0 Å². The Kier molecular flexibility index (Phi) is 3.04. The van der Waals surface area contributed by atoms with Crippen molar-refractivity contribution in [3.8, 4) is 0 Å². The lowest BCUT2D eigenvalue weighted by atomic mass is 9.62. The molecule has 0 amide bonds. The molecule has 0 heterocycles. The standard InChI is InChI=1S/C15H24/c1-10(2)13-8-6-12(4)14-7-5-11(3)9-15(13)14/h9-10,13-15H,4-8H2,1-3H3/t13?,14?,15-/m1/s1. The highest BCUT2D eigenvalue weighted by atomic mass is 14.4. The molecule has 2 aliphatic rings. The van der Waals surface area contributed by atoms with Crippen LogP contribution in [0, 0.1) is 23.7 Å². The molecule has 84 valence electrons. The van der Waals surface area contributed by atoms with Gasteiger partial charge in [0.15, 0.2) is 0 Å². The van der Waals surface area contributed by atoms with Crippen LogP contribution in [0.15, 0.2) is 23.8 Å². The van der Waals surface area contributed by atoms with Gasteiger partial charge in [0.05, 0.1) is 0 Å². The highest BCUT2D eigenvalue weighted by Gasteiger charge is 2.36. The number of hydrogen-bond acceptors (Lipinski definition) is 0. The fourth-order valence-electron chi connectivity index (χ4n) is 3.51. The van der Waals surface area contributed by atoms with Crippen molar-refractivity contribution in [2.75, 3.05) is 0 Å². The molecule has 0 spiro atoms. The second kappa shape index (κ2) is 4.15. The first-order valence-corrected chi connectivity index (χ1v) is 6.44. The van der Waals surface area contributed by atoms with Crippen LogP contribution in [0.5, 0.6) is 0 Å². The molecule has 1 saturated carbocycles. The number of fused-ring (bicyclic) bond motifs is 1. The third kappa shape index (κ3) is 2.04. The van der Waals surface area contributed by atoms with E-state index in [1.54, 1.807) is 5.57 Å². The minimum absolute atomic E-state index is 0.801. The van der Waals surface area contributed by atoms with Crippen LogP contribution in [-0.2, 0) is 0 Å². The molecule has 3 atom stereocenters. The van der Waals surface area contributed by atoms with Gasteiger partial charge in [0.25, 0.3) is 0 Å². The molecule has 2 rings (SSSR count). The largest absolute Gasteiger partial charge is 0.0996 e. The summed E-state index contributed by atoms with van der Waals surface area (Å²) in [6.07, 6.45) is 7.85. The first-order valence-electron chi connectivity index (χ1n) is 6.44. The van der Waals surface area contributed by atoms with Gasteiger partial charge >= 0.3 is 0 Å². The van der Waals surface area contributed by atoms with Crippen molar-refractivity contribution in [2.24, 2.45) is 23.7 Å². The summed E-state index contributed by atoms with van der Waals surface area (Å²) >= 11 is 0. The number of hydrogen-bond donors (Lipinski definition) is 0. The third-order valence-corrected chi connectivity index (χ3v) is 4.47. The Balaban J connectivity index is 2.24. The highest BCUT2D eigenvalue weighted by molar-refractivity contribution is 5.19. The van der Waals surface area contributed by atoms with E-state index in [1.807, 2.05) is 0 Å². The maximum atomic E-state index is 4.29. The molecule has 0 radical (unpaired) electrons. The van der Waals surface area contributed by atoms with Crippen molar-refractivity contribution in [1.29, 1.82) is 0 Å². The first-order chi connectivity index (χ1) is 7.09. The zero-order valence-corrected chi connectivity index (χ0v) is 10.4. The summed E-state index contributed by atoms with van der Waals surface area (Å²) in [6.45, 7) is 11.3. The molecule has 0 aliphatic heterocycles. The lowest BCUT2D eigenvalue weighted by Gasteiger charge is -2.43. The molecule has 0 saturated heterocycles. The second-order valence-corrected chi connectivity index (χ2v) is 5.84. The molecule has 0 aromatic heterocycles. The molecule has 0 aromatic rings. The molecule has 15 heavy (non-hydrogen) atoms. The molecule has 0 aromatic carbocycles. The van der Waals surface area contributed by atoms with E-state index in [2.05, 4.69) is 33.4 Å². The third-order valence-electron chi connectivity index (χ3n) is 4.47. The maximum absolute atomic E-state index is 4.29. The molecule has 0 bridgehead atoms. The Bertz CT molecular complexity index is 282. The van der Waals surface area contributed by atoms with Gasteiger partial charge in [-0.15, -0.1) is 0 Å². The molecule has 0 N–H and O–H groups in total. The summed E-state index contributed by atoms with van der Waals surface area (Å²) in [4.78, 5) is 0. The number of allylic oxidation sites excluding steroid dienone is 3. The Morgan fingerprint density at radius 1 is 1.27 bits per heavy atom. The van der Waals surface area contributed by atoms with Crippen LogP contribution >= 0.6 is 0 Å². The van der Waals surface area contributed by atoms with Crippen LogP contribution in [-0.4, -0.2) is 0 Å². The molecular formula is C15H24. The predicted octanol–water partition coefficient (Wildman–Crippen LogP) is 4.58. The van der Waals surface area contributed by atoms with Gasteiger partial charge in [-0.2, -0.15) is 0 Å². The summed E-state index contributed by atoms with van der Waals surface area (Å²) < 4.78 is 0. The lowest BCUT2D eigenvalue weighted by molar-refractivity contribution is 0.179. The van der Waals surface area contributed by atoms with Crippen LogP contribution in [0.2, 0.25) is 0 Å². The van der Waals surface area contributed by atoms with E-state index in [-0.39, 0.29) is 0 Å². The van der Waals surface area contributed by atoms with E-state index in [4.69, 9.17) is 0 Å². The van der Waals surface area contributed by atoms with Crippen molar-refractivity contribution in [1.82, 2.24) is 0 Å². The van der Waals surface area contributed by atoms with Gasteiger partial charge in [-0.3, -0.25) is 0 Å². The van der Waals surface area contributed by atoms with Gasteiger partial charge in [0.1, 0.15) is 0 Å². The molecule has 2 aliphatic carbocycles. The van der Waals surface area contributed by atoms with Gasteiger partial charge in [-0.25, -0.2) is 0 Å². The number of rotatable bonds is 1. The van der Waals surface area contributed by atoms with Crippen LogP contribution < -0.4 is 0 Å². The summed E-state index contributed by atoms with van der Waals surface area (Å²) in [5.74, 6) is 3.33. The Morgan fingerprint density at radius 3 is 2.67 bits per heavy atom. The van der Waals surface area contributed by atoms with Crippen molar-refractivity contribution in [3.63, 3.8) is 0 Å². The minimum Gasteiger partial charge on any atom is -0.0996 e. The smallest absolute Gasteiger partial charge is 0.0134 e. The Morgan fingerprint density at radius 2 is 2.00 bits per heavy atom. The van der Waals surface area contributed by atoms with E-state index >= 15 is 0 Å². The minimum atomic E-state index is 0.801. The maximum Gasteiger partial charge on any atom is -0.0134 e. The second-order valence-electron chi connectivity index (χ2n) is 5.84. The van der Waals surface area contributed by atoms with Crippen molar-refractivity contribution in [2.45, 2.75) is 46.5 Å². The lowest BCUT2D eigenvalue weighted by Crippen LogP contribution is -2.33. The van der Waals surface area contributed by atoms with E-state index in [1.165, 1.54) is 31.3 Å². The van der Waals surface area contributed by atoms with Crippen molar-refractivity contribution < 1.29 is 0 Å².